The number of pyridine rings is 1. The van der Waals surface area contributed by atoms with Crippen LogP contribution in [0, 0.1) is 19.3 Å². The molecule has 1 aromatic heterocycles. The first-order chi connectivity index (χ1) is 10.0. The molecule has 0 fully saturated rings. The smallest absolute Gasteiger partial charge is 0.126 e. The Kier molecular flexibility index (Phi) is 4.58. The van der Waals surface area contributed by atoms with Crippen LogP contribution in [0.15, 0.2) is 36.4 Å². The first kappa shape index (κ1) is 15.0. The third-order valence-electron chi connectivity index (χ3n) is 3.52. The van der Waals surface area contributed by atoms with Gasteiger partial charge in [-0.05, 0) is 32.4 Å². The van der Waals surface area contributed by atoms with Gasteiger partial charge < -0.3 is 10.6 Å². The van der Waals surface area contributed by atoms with Crippen LogP contribution in [0.3, 0.4) is 0 Å². The molecule has 4 nitrogen and oxygen atoms in total. The molecule has 110 valence electrons. The van der Waals surface area contributed by atoms with E-state index in [2.05, 4.69) is 28.9 Å². The molecular weight excluding hydrogens is 260 g/mol. The molecular formula is C17H22N4. The highest BCUT2D eigenvalue weighted by Crippen LogP contribution is 2.25. The Bertz CT molecular complexity index is 635. The molecule has 0 bridgehead atoms. The number of nitrogen functional groups attached to an aromatic ring is 1. The van der Waals surface area contributed by atoms with Crippen molar-refractivity contribution in [1.82, 2.24) is 4.98 Å². The van der Waals surface area contributed by atoms with Gasteiger partial charge in [-0.15, -0.1) is 0 Å². The van der Waals surface area contributed by atoms with Crippen molar-refractivity contribution in [3.63, 3.8) is 0 Å². The lowest BCUT2D eigenvalue weighted by Crippen LogP contribution is -2.27. The fraction of sp³-hybridized carbons (Fsp3) is 0.294. The van der Waals surface area contributed by atoms with Crippen molar-refractivity contribution in [2.24, 2.45) is 5.73 Å². The third-order valence-corrected chi connectivity index (χ3v) is 3.52. The number of rotatable bonds is 5. The average molecular weight is 282 g/mol. The largest absolute Gasteiger partial charge is 0.384 e. The first-order valence-corrected chi connectivity index (χ1v) is 7.14. The number of nitrogens with two attached hydrogens (primary N) is 1. The summed E-state index contributed by atoms with van der Waals surface area (Å²) in [5, 5.41) is 7.85. The van der Waals surface area contributed by atoms with E-state index in [4.69, 9.17) is 11.1 Å². The lowest BCUT2D eigenvalue weighted by Gasteiger charge is -2.26. The summed E-state index contributed by atoms with van der Waals surface area (Å²) in [5.74, 6) is 0.0708. The van der Waals surface area contributed by atoms with Gasteiger partial charge in [-0.2, -0.15) is 0 Å². The average Bonchev–Trinajstić information content (AvgIpc) is 2.44. The lowest BCUT2D eigenvalue weighted by molar-refractivity contribution is 0.826. The maximum absolute atomic E-state index is 7.85. The molecule has 0 aliphatic carbocycles. The predicted molar refractivity (Wildman–Crippen MR) is 87.9 cm³/mol. The fourth-order valence-electron chi connectivity index (χ4n) is 2.56. The molecule has 21 heavy (non-hydrogen) atoms. The number of anilines is 1. The fourth-order valence-corrected chi connectivity index (χ4v) is 2.56. The van der Waals surface area contributed by atoms with Crippen molar-refractivity contribution < 1.29 is 0 Å². The van der Waals surface area contributed by atoms with E-state index >= 15 is 0 Å². The standard InChI is InChI=1S/C17H22N4/c1-4-21(11-14-8-6-5-7-9-14)15-10-12(2)20-13(3)16(15)17(18)19/h5-10H,4,11H2,1-3H3,(H3,18,19). The van der Waals surface area contributed by atoms with Crippen LogP contribution >= 0.6 is 0 Å². The van der Waals surface area contributed by atoms with Gasteiger partial charge in [0.25, 0.3) is 0 Å². The first-order valence-electron chi connectivity index (χ1n) is 7.14. The summed E-state index contributed by atoms with van der Waals surface area (Å²) in [5.41, 5.74) is 10.5. The van der Waals surface area contributed by atoms with Crippen LogP contribution in [-0.4, -0.2) is 17.4 Å². The zero-order valence-electron chi connectivity index (χ0n) is 12.9. The van der Waals surface area contributed by atoms with Crippen LogP contribution in [0.2, 0.25) is 0 Å². The Morgan fingerprint density at radius 3 is 2.48 bits per heavy atom. The van der Waals surface area contributed by atoms with Gasteiger partial charge in [-0.1, -0.05) is 30.3 Å². The highest BCUT2D eigenvalue weighted by molar-refractivity contribution is 6.01. The summed E-state index contributed by atoms with van der Waals surface area (Å²) < 4.78 is 0. The van der Waals surface area contributed by atoms with Crippen LogP contribution in [0.4, 0.5) is 5.69 Å². The van der Waals surface area contributed by atoms with Crippen molar-refractivity contribution >= 4 is 11.5 Å². The maximum atomic E-state index is 7.85. The van der Waals surface area contributed by atoms with E-state index in [1.54, 1.807) is 0 Å². The molecule has 4 heteroatoms. The molecule has 0 amide bonds. The Hall–Kier alpha value is -2.36. The van der Waals surface area contributed by atoms with Crippen LogP contribution < -0.4 is 10.6 Å². The van der Waals surface area contributed by atoms with Gasteiger partial charge in [-0.25, -0.2) is 0 Å². The molecule has 1 aromatic carbocycles. The summed E-state index contributed by atoms with van der Waals surface area (Å²) in [6.07, 6.45) is 0. The van der Waals surface area contributed by atoms with E-state index in [1.165, 1.54) is 5.56 Å². The van der Waals surface area contributed by atoms with Crippen molar-refractivity contribution in [1.29, 1.82) is 5.41 Å². The molecule has 0 saturated carbocycles. The number of benzene rings is 1. The van der Waals surface area contributed by atoms with Crippen molar-refractivity contribution in [3.05, 3.63) is 58.9 Å². The molecule has 0 atom stereocenters. The molecule has 1 heterocycles. The Morgan fingerprint density at radius 2 is 1.90 bits per heavy atom. The molecule has 0 aliphatic heterocycles. The molecule has 0 saturated heterocycles. The van der Waals surface area contributed by atoms with Crippen LogP contribution in [-0.2, 0) is 6.54 Å². The van der Waals surface area contributed by atoms with Crippen LogP contribution in [0.5, 0.6) is 0 Å². The number of amidine groups is 1. The van der Waals surface area contributed by atoms with Gasteiger partial charge in [0.05, 0.1) is 16.9 Å². The normalized spacial score (nSPS) is 10.4. The van der Waals surface area contributed by atoms with E-state index in [1.807, 2.05) is 38.1 Å². The van der Waals surface area contributed by atoms with Gasteiger partial charge in [-0.3, -0.25) is 10.4 Å². The monoisotopic (exact) mass is 282 g/mol. The number of nitrogens with zero attached hydrogens (tertiary/aromatic N) is 2. The number of nitrogens with one attached hydrogen (secondary N) is 1. The molecule has 0 spiro atoms. The number of hydrogen-bond acceptors (Lipinski definition) is 3. The van der Waals surface area contributed by atoms with E-state index in [9.17, 15) is 0 Å². The minimum absolute atomic E-state index is 0.0708. The Morgan fingerprint density at radius 1 is 1.24 bits per heavy atom. The van der Waals surface area contributed by atoms with Gasteiger partial charge in [0, 0.05) is 18.8 Å². The number of aromatic nitrogens is 1. The quantitative estimate of drug-likeness (QED) is 0.654. The summed E-state index contributed by atoms with van der Waals surface area (Å²) >= 11 is 0. The van der Waals surface area contributed by atoms with Crippen molar-refractivity contribution in [2.45, 2.75) is 27.3 Å². The van der Waals surface area contributed by atoms with E-state index in [0.29, 0.717) is 0 Å². The summed E-state index contributed by atoms with van der Waals surface area (Å²) in [7, 11) is 0. The van der Waals surface area contributed by atoms with Crippen LogP contribution in [0.1, 0.15) is 29.4 Å². The molecule has 0 radical (unpaired) electrons. The Balaban J connectivity index is 2.44. The van der Waals surface area contributed by atoms with Gasteiger partial charge in [0.15, 0.2) is 0 Å². The van der Waals surface area contributed by atoms with E-state index < -0.39 is 0 Å². The molecule has 0 unspecified atom stereocenters. The highest BCUT2D eigenvalue weighted by Gasteiger charge is 2.16. The van der Waals surface area contributed by atoms with Crippen molar-refractivity contribution in [2.75, 3.05) is 11.4 Å². The Labute approximate surface area is 126 Å². The second kappa shape index (κ2) is 6.39. The maximum Gasteiger partial charge on any atom is 0.126 e. The van der Waals surface area contributed by atoms with Gasteiger partial charge in [0.1, 0.15) is 5.84 Å². The second-order valence-corrected chi connectivity index (χ2v) is 5.16. The topological polar surface area (TPSA) is 66.0 Å². The highest BCUT2D eigenvalue weighted by atomic mass is 15.1. The SMILES string of the molecule is CCN(Cc1ccccc1)c1cc(C)nc(C)c1C(=N)N. The summed E-state index contributed by atoms with van der Waals surface area (Å²) in [6, 6.07) is 12.3. The number of aryl methyl sites for hydroxylation is 2. The second-order valence-electron chi connectivity index (χ2n) is 5.16. The van der Waals surface area contributed by atoms with Crippen LogP contribution in [0.25, 0.3) is 0 Å². The zero-order chi connectivity index (χ0) is 15.4. The van der Waals surface area contributed by atoms with Gasteiger partial charge in [0.2, 0.25) is 0 Å². The van der Waals surface area contributed by atoms with Crippen molar-refractivity contribution in [3.8, 4) is 0 Å². The zero-order valence-corrected chi connectivity index (χ0v) is 12.9. The third kappa shape index (κ3) is 3.40. The lowest BCUT2D eigenvalue weighted by atomic mass is 10.1. The minimum atomic E-state index is 0.0708. The van der Waals surface area contributed by atoms with E-state index in [0.717, 1.165) is 35.7 Å². The predicted octanol–water partition coefficient (Wildman–Crippen LogP) is 3.01. The molecule has 2 rings (SSSR count). The van der Waals surface area contributed by atoms with Gasteiger partial charge >= 0.3 is 0 Å². The van der Waals surface area contributed by atoms with E-state index in [-0.39, 0.29) is 5.84 Å². The summed E-state index contributed by atoms with van der Waals surface area (Å²) in [6.45, 7) is 7.62. The molecule has 3 N–H and O–H groups in total. The minimum Gasteiger partial charge on any atom is -0.384 e. The number of hydrogen-bond donors (Lipinski definition) is 2. The summed E-state index contributed by atoms with van der Waals surface area (Å²) in [4.78, 5) is 6.66. The molecule has 0 aliphatic rings. The molecule has 2 aromatic rings.